The Balaban J connectivity index is 2.02. The molecule has 0 bridgehead atoms. The normalized spacial score (nSPS) is 11.5. The zero-order chi connectivity index (χ0) is 15.4. The Morgan fingerprint density at radius 1 is 1.38 bits per heavy atom. The SMILES string of the molecule is CCn1nc(C)c(Br)c1Cn1cnc(CNCC(C)C)c1. The molecule has 0 atom stereocenters. The third kappa shape index (κ3) is 4.17. The molecule has 2 aromatic rings. The largest absolute Gasteiger partial charge is 0.331 e. The van der Waals surface area contributed by atoms with Gasteiger partial charge in [0.05, 0.1) is 34.4 Å². The van der Waals surface area contributed by atoms with Crippen LogP contribution in [0.5, 0.6) is 0 Å². The molecule has 0 aliphatic rings. The summed E-state index contributed by atoms with van der Waals surface area (Å²) >= 11 is 3.63. The number of aryl methyl sites for hydroxylation is 2. The molecule has 0 saturated heterocycles. The number of nitrogens with zero attached hydrogens (tertiary/aromatic N) is 4. The second kappa shape index (κ2) is 7.22. The molecule has 1 N–H and O–H groups in total. The Morgan fingerprint density at radius 2 is 2.14 bits per heavy atom. The van der Waals surface area contributed by atoms with E-state index in [2.05, 4.69) is 62.9 Å². The Kier molecular flexibility index (Phi) is 5.58. The van der Waals surface area contributed by atoms with E-state index in [0.717, 1.165) is 42.0 Å². The van der Waals surface area contributed by atoms with Crippen molar-refractivity contribution >= 4 is 15.9 Å². The molecule has 2 rings (SSSR count). The van der Waals surface area contributed by atoms with E-state index in [9.17, 15) is 0 Å². The van der Waals surface area contributed by atoms with Crippen LogP contribution in [0.2, 0.25) is 0 Å². The van der Waals surface area contributed by atoms with E-state index in [1.165, 1.54) is 5.69 Å². The van der Waals surface area contributed by atoms with Crippen LogP contribution in [-0.4, -0.2) is 25.9 Å². The molecule has 5 nitrogen and oxygen atoms in total. The summed E-state index contributed by atoms with van der Waals surface area (Å²) in [4.78, 5) is 4.46. The first-order chi connectivity index (χ1) is 10.0. The summed E-state index contributed by atoms with van der Waals surface area (Å²) in [5.41, 5.74) is 3.30. The molecule has 0 radical (unpaired) electrons. The van der Waals surface area contributed by atoms with Gasteiger partial charge in [-0.3, -0.25) is 4.68 Å². The van der Waals surface area contributed by atoms with Crippen molar-refractivity contribution < 1.29 is 0 Å². The molecule has 0 fully saturated rings. The lowest BCUT2D eigenvalue weighted by Gasteiger charge is -2.06. The van der Waals surface area contributed by atoms with E-state index in [4.69, 9.17) is 0 Å². The van der Waals surface area contributed by atoms with Crippen molar-refractivity contribution in [2.45, 2.75) is 47.3 Å². The first-order valence-electron chi connectivity index (χ1n) is 7.44. The molecule has 0 aliphatic heterocycles. The second-order valence-corrected chi connectivity index (χ2v) is 6.52. The molecule has 0 unspecified atom stereocenters. The van der Waals surface area contributed by atoms with Crippen LogP contribution in [0.15, 0.2) is 17.0 Å². The summed E-state index contributed by atoms with van der Waals surface area (Å²) in [6, 6.07) is 0. The van der Waals surface area contributed by atoms with Crippen LogP contribution in [0.3, 0.4) is 0 Å². The highest BCUT2D eigenvalue weighted by molar-refractivity contribution is 9.10. The summed E-state index contributed by atoms with van der Waals surface area (Å²) in [6.07, 6.45) is 3.99. The molecule has 0 saturated carbocycles. The predicted molar refractivity (Wildman–Crippen MR) is 88.2 cm³/mol. The highest BCUT2D eigenvalue weighted by Crippen LogP contribution is 2.22. The number of rotatable bonds is 7. The Labute approximate surface area is 134 Å². The van der Waals surface area contributed by atoms with Gasteiger partial charge in [0, 0.05) is 19.3 Å². The van der Waals surface area contributed by atoms with Crippen LogP contribution >= 0.6 is 15.9 Å². The Bertz CT molecular complexity index is 585. The van der Waals surface area contributed by atoms with Crippen LogP contribution in [0.1, 0.15) is 37.9 Å². The van der Waals surface area contributed by atoms with Crippen molar-refractivity contribution in [3.05, 3.63) is 34.1 Å². The fourth-order valence-corrected chi connectivity index (χ4v) is 2.68. The van der Waals surface area contributed by atoms with Crippen molar-refractivity contribution in [3.8, 4) is 0 Å². The second-order valence-electron chi connectivity index (χ2n) is 5.72. The lowest BCUT2D eigenvalue weighted by atomic mass is 10.2. The number of halogens is 1. The number of imidazole rings is 1. The van der Waals surface area contributed by atoms with E-state index >= 15 is 0 Å². The van der Waals surface area contributed by atoms with E-state index in [-0.39, 0.29) is 0 Å². The van der Waals surface area contributed by atoms with Crippen molar-refractivity contribution in [2.24, 2.45) is 5.92 Å². The molecular weight excluding hydrogens is 330 g/mol. The average Bonchev–Trinajstić information content (AvgIpc) is 2.98. The number of hydrogen-bond donors (Lipinski definition) is 1. The maximum Gasteiger partial charge on any atom is 0.0953 e. The van der Waals surface area contributed by atoms with Crippen LogP contribution in [0, 0.1) is 12.8 Å². The third-order valence-electron chi connectivity index (χ3n) is 3.33. The molecule has 6 heteroatoms. The van der Waals surface area contributed by atoms with Crippen LogP contribution in [0.4, 0.5) is 0 Å². The zero-order valence-electron chi connectivity index (χ0n) is 13.2. The first kappa shape index (κ1) is 16.2. The van der Waals surface area contributed by atoms with Gasteiger partial charge in [-0.2, -0.15) is 5.10 Å². The van der Waals surface area contributed by atoms with Gasteiger partial charge in [-0.1, -0.05) is 13.8 Å². The fourth-order valence-electron chi connectivity index (χ4n) is 2.27. The Hall–Kier alpha value is -1.14. The lowest BCUT2D eigenvalue weighted by Crippen LogP contribution is -2.19. The van der Waals surface area contributed by atoms with Gasteiger partial charge in [-0.05, 0) is 42.2 Å². The topological polar surface area (TPSA) is 47.7 Å². The minimum Gasteiger partial charge on any atom is -0.331 e. The minimum absolute atomic E-state index is 0.657. The van der Waals surface area contributed by atoms with Crippen molar-refractivity contribution in [1.29, 1.82) is 0 Å². The standard InChI is InChI=1S/C15H24BrN5/c1-5-21-14(15(16)12(4)19-21)9-20-8-13(18-10-20)7-17-6-11(2)3/h8,10-11,17H,5-7,9H2,1-4H3. The van der Waals surface area contributed by atoms with Crippen LogP contribution in [-0.2, 0) is 19.6 Å². The summed E-state index contributed by atoms with van der Waals surface area (Å²) in [6.45, 7) is 12.0. The van der Waals surface area contributed by atoms with Gasteiger partial charge in [0.15, 0.2) is 0 Å². The summed E-state index contributed by atoms with van der Waals surface area (Å²) in [5, 5.41) is 7.94. The van der Waals surface area contributed by atoms with Gasteiger partial charge in [0.25, 0.3) is 0 Å². The van der Waals surface area contributed by atoms with Crippen LogP contribution in [0.25, 0.3) is 0 Å². The maximum absolute atomic E-state index is 4.52. The minimum atomic E-state index is 0.657. The highest BCUT2D eigenvalue weighted by atomic mass is 79.9. The highest BCUT2D eigenvalue weighted by Gasteiger charge is 2.12. The van der Waals surface area contributed by atoms with Crippen LogP contribution < -0.4 is 5.32 Å². The number of aromatic nitrogens is 4. The zero-order valence-corrected chi connectivity index (χ0v) is 14.8. The first-order valence-corrected chi connectivity index (χ1v) is 8.23. The maximum atomic E-state index is 4.52. The third-order valence-corrected chi connectivity index (χ3v) is 4.36. The summed E-state index contributed by atoms with van der Waals surface area (Å²) in [7, 11) is 0. The van der Waals surface area contributed by atoms with E-state index in [1.807, 2.05) is 17.9 Å². The molecule has 0 amide bonds. The molecule has 0 aliphatic carbocycles. The molecule has 2 aromatic heterocycles. The average molecular weight is 354 g/mol. The van der Waals surface area contributed by atoms with E-state index < -0.39 is 0 Å². The summed E-state index contributed by atoms with van der Waals surface area (Å²) in [5.74, 6) is 0.657. The van der Waals surface area contributed by atoms with E-state index in [1.54, 1.807) is 0 Å². The predicted octanol–water partition coefficient (Wildman–Crippen LogP) is 2.96. The molecule has 2 heterocycles. The smallest absolute Gasteiger partial charge is 0.0953 e. The molecule has 0 aromatic carbocycles. The van der Waals surface area contributed by atoms with Gasteiger partial charge in [-0.25, -0.2) is 4.98 Å². The molecule has 116 valence electrons. The number of hydrogen-bond acceptors (Lipinski definition) is 3. The van der Waals surface area contributed by atoms with Gasteiger partial charge in [0.1, 0.15) is 0 Å². The van der Waals surface area contributed by atoms with Gasteiger partial charge in [-0.15, -0.1) is 0 Å². The van der Waals surface area contributed by atoms with E-state index in [0.29, 0.717) is 5.92 Å². The summed E-state index contributed by atoms with van der Waals surface area (Å²) < 4.78 is 5.24. The van der Waals surface area contributed by atoms with Gasteiger partial charge in [0.2, 0.25) is 0 Å². The van der Waals surface area contributed by atoms with Crippen molar-refractivity contribution in [3.63, 3.8) is 0 Å². The Morgan fingerprint density at radius 3 is 2.81 bits per heavy atom. The molecule has 0 spiro atoms. The van der Waals surface area contributed by atoms with Gasteiger partial charge >= 0.3 is 0 Å². The molecular formula is C15H24BrN5. The van der Waals surface area contributed by atoms with Gasteiger partial charge < -0.3 is 9.88 Å². The fraction of sp³-hybridized carbons (Fsp3) is 0.600. The van der Waals surface area contributed by atoms with Crippen molar-refractivity contribution in [2.75, 3.05) is 6.54 Å². The van der Waals surface area contributed by atoms with Crippen molar-refractivity contribution in [1.82, 2.24) is 24.6 Å². The monoisotopic (exact) mass is 353 g/mol. The quantitative estimate of drug-likeness (QED) is 0.832. The number of nitrogens with one attached hydrogen (secondary N) is 1. The molecule has 21 heavy (non-hydrogen) atoms. The lowest BCUT2D eigenvalue weighted by molar-refractivity contribution is 0.548.